The molecular weight excluding hydrogens is 387 g/mol. The predicted molar refractivity (Wildman–Crippen MR) is 104 cm³/mol. The maximum absolute atomic E-state index is 4.81. The number of halogens is 1. The highest BCUT2D eigenvalue weighted by atomic mass is 127. The molecule has 0 bridgehead atoms. The Morgan fingerprint density at radius 2 is 2.23 bits per heavy atom. The minimum absolute atomic E-state index is 0. The first kappa shape index (κ1) is 19.2. The van der Waals surface area contributed by atoms with Crippen LogP contribution in [0.15, 0.2) is 23.5 Å². The van der Waals surface area contributed by atoms with Crippen molar-refractivity contribution < 1.29 is 0 Å². The molecule has 0 saturated carbocycles. The molecule has 22 heavy (non-hydrogen) atoms. The monoisotopic (exact) mass is 416 g/mol. The number of hydrogen-bond acceptors (Lipinski definition) is 2. The molecule has 1 aliphatic rings. The number of aryl methyl sites for hydroxylation is 1. The fourth-order valence-corrected chi connectivity index (χ4v) is 2.78. The molecule has 0 radical (unpaired) electrons. The zero-order valence-corrected chi connectivity index (χ0v) is 16.6. The van der Waals surface area contributed by atoms with Crippen LogP contribution in [0.25, 0.3) is 0 Å². The highest BCUT2D eigenvalue weighted by molar-refractivity contribution is 14.0. The molecule has 0 aromatic carbocycles. The van der Waals surface area contributed by atoms with Gasteiger partial charge in [-0.1, -0.05) is 13.8 Å². The fourth-order valence-electron chi connectivity index (χ4n) is 2.78. The van der Waals surface area contributed by atoms with Gasteiger partial charge >= 0.3 is 0 Å². The maximum Gasteiger partial charge on any atom is 0.193 e. The Kier molecular flexibility index (Phi) is 7.59. The van der Waals surface area contributed by atoms with Crippen molar-refractivity contribution in [1.29, 1.82) is 0 Å². The summed E-state index contributed by atoms with van der Waals surface area (Å²) in [4.78, 5) is 11.3. The summed E-state index contributed by atoms with van der Waals surface area (Å²) in [6.07, 6.45) is 5.99. The van der Waals surface area contributed by atoms with Crippen molar-refractivity contribution in [2.45, 2.75) is 40.5 Å². The average Bonchev–Trinajstić information content (AvgIpc) is 2.80. The third-order valence-electron chi connectivity index (χ3n) is 4.09. The van der Waals surface area contributed by atoms with E-state index in [4.69, 9.17) is 4.99 Å². The van der Waals surface area contributed by atoms with E-state index in [0.717, 1.165) is 38.6 Å². The van der Waals surface area contributed by atoms with Crippen molar-refractivity contribution in [2.24, 2.45) is 10.4 Å². The molecule has 0 amide bonds. The van der Waals surface area contributed by atoms with Crippen molar-refractivity contribution >= 4 is 29.9 Å². The second kappa shape index (κ2) is 8.70. The number of nitrogens with one attached hydrogen (secondary N) is 1. The Balaban J connectivity index is 0.00000242. The number of likely N-dealkylation sites (tertiary alicyclic amines) is 1. The Hall–Kier alpha value is -0.850. The van der Waals surface area contributed by atoms with Crippen LogP contribution in [0.2, 0.25) is 0 Å². The third-order valence-corrected chi connectivity index (χ3v) is 4.09. The Labute approximate surface area is 151 Å². The van der Waals surface area contributed by atoms with Crippen molar-refractivity contribution in [3.05, 3.63) is 29.6 Å². The molecule has 0 aliphatic carbocycles. The van der Waals surface area contributed by atoms with Crippen LogP contribution in [0.4, 0.5) is 0 Å². The van der Waals surface area contributed by atoms with Crippen LogP contribution >= 0.6 is 24.0 Å². The number of aromatic nitrogens is 1. The van der Waals surface area contributed by atoms with E-state index in [1.165, 1.54) is 17.5 Å². The molecule has 1 aliphatic heterocycles. The Bertz CT molecular complexity index is 499. The van der Waals surface area contributed by atoms with E-state index < -0.39 is 0 Å². The number of hydrogen-bond donors (Lipinski definition) is 1. The quantitative estimate of drug-likeness (QED) is 0.466. The molecular formula is C17H29IN4. The smallest absolute Gasteiger partial charge is 0.193 e. The van der Waals surface area contributed by atoms with Gasteiger partial charge in [-0.05, 0) is 49.3 Å². The Morgan fingerprint density at radius 3 is 2.82 bits per heavy atom. The lowest BCUT2D eigenvalue weighted by atomic mass is 9.93. The zero-order chi connectivity index (χ0) is 15.3. The summed E-state index contributed by atoms with van der Waals surface area (Å²) in [5, 5.41) is 3.43. The summed E-state index contributed by atoms with van der Waals surface area (Å²) in [7, 11) is 0. The first-order valence-corrected chi connectivity index (χ1v) is 7.94. The van der Waals surface area contributed by atoms with Crippen molar-refractivity contribution in [2.75, 3.05) is 26.2 Å². The van der Waals surface area contributed by atoms with Crippen LogP contribution in [0, 0.1) is 12.3 Å². The van der Waals surface area contributed by atoms with Crippen LogP contribution in [-0.4, -0.2) is 42.0 Å². The van der Waals surface area contributed by atoms with Gasteiger partial charge in [-0.3, -0.25) is 9.98 Å². The van der Waals surface area contributed by atoms with E-state index in [2.05, 4.69) is 49.0 Å². The molecule has 5 heteroatoms. The van der Waals surface area contributed by atoms with Crippen LogP contribution in [0.3, 0.4) is 0 Å². The van der Waals surface area contributed by atoms with Gasteiger partial charge in [-0.25, -0.2) is 0 Å². The number of aliphatic imine (C=N–C) groups is 1. The molecule has 0 atom stereocenters. The maximum atomic E-state index is 4.81. The summed E-state index contributed by atoms with van der Waals surface area (Å²) in [6.45, 7) is 12.8. The van der Waals surface area contributed by atoms with E-state index in [-0.39, 0.29) is 24.0 Å². The molecule has 4 nitrogen and oxygen atoms in total. The molecule has 1 fully saturated rings. The molecule has 1 N–H and O–H groups in total. The van der Waals surface area contributed by atoms with Crippen molar-refractivity contribution in [3.8, 4) is 0 Å². The summed E-state index contributed by atoms with van der Waals surface area (Å²) < 4.78 is 0. The predicted octanol–water partition coefficient (Wildman–Crippen LogP) is 3.25. The molecule has 1 aromatic rings. The number of nitrogens with zero attached hydrogens (tertiary/aromatic N) is 3. The first-order chi connectivity index (χ1) is 10.0. The normalized spacial score (nSPS) is 17.3. The van der Waals surface area contributed by atoms with E-state index in [1.807, 2.05) is 12.4 Å². The number of guanidine groups is 1. The summed E-state index contributed by atoms with van der Waals surface area (Å²) in [6, 6.07) is 2.09. The fraction of sp³-hybridized carbons (Fsp3) is 0.647. The summed E-state index contributed by atoms with van der Waals surface area (Å²) in [5.41, 5.74) is 2.99. The molecule has 2 rings (SSSR count). The van der Waals surface area contributed by atoms with Crippen LogP contribution in [0.5, 0.6) is 0 Å². The lowest BCUT2D eigenvalue weighted by Gasteiger charge is -2.23. The van der Waals surface area contributed by atoms with Crippen LogP contribution < -0.4 is 5.32 Å². The van der Waals surface area contributed by atoms with Crippen LogP contribution in [0.1, 0.15) is 38.3 Å². The van der Waals surface area contributed by atoms with E-state index in [1.54, 1.807) is 0 Å². The second-order valence-corrected chi connectivity index (χ2v) is 6.62. The van der Waals surface area contributed by atoms with Gasteiger partial charge in [-0.15, -0.1) is 24.0 Å². The van der Waals surface area contributed by atoms with E-state index >= 15 is 0 Å². The number of rotatable bonds is 4. The zero-order valence-electron chi connectivity index (χ0n) is 14.2. The average molecular weight is 416 g/mol. The second-order valence-electron chi connectivity index (χ2n) is 6.62. The van der Waals surface area contributed by atoms with Gasteiger partial charge in [0.05, 0.1) is 0 Å². The largest absolute Gasteiger partial charge is 0.357 e. The summed E-state index contributed by atoms with van der Waals surface area (Å²) in [5.74, 6) is 1.06. The number of pyridine rings is 1. The molecule has 0 unspecified atom stereocenters. The van der Waals surface area contributed by atoms with E-state index in [9.17, 15) is 0 Å². The molecule has 1 aromatic heterocycles. The summed E-state index contributed by atoms with van der Waals surface area (Å²) >= 11 is 0. The minimum Gasteiger partial charge on any atom is -0.357 e. The van der Waals surface area contributed by atoms with Gasteiger partial charge in [0.25, 0.3) is 0 Å². The minimum atomic E-state index is 0. The van der Waals surface area contributed by atoms with Gasteiger partial charge in [-0.2, -0.15) is 0 Å². The SMILES string of the molecule is CCNC(=NCCc1ccncc1C)N1CCC(C)(C)C1.I. The Morgan fingerprint density at radius 1 is 1.45 bits per heavy atom. The van der Waals surface area contributed by atoms with Crippen molar-refractivity contribution in [3.63, 3.8) is 0 Å². The van der Waals surface area contributed by atoms with Gasteiger partial charge in [0.1, 0.15) is 0 Å². The van der Waals surface area contributed by atoms with Crippen molar-refractivity contribution in [1.82, 2.24) is 15.2 Å². The third kappa shape index (κ3) is 5.41. The van der Waals surface area contributed by atoms with Gasteiger partial charge in [0.15, 0.2) is 5.96 Å². The van der Waals surface area contributed by atoms with Gasteiger partial charge in [0.2, 0.25) is 0 Å². The molecule has 1 saturated heterocycles. The van der Waals surface area contributed by atoms with E-state index in [0.29, 0.717) is 5.41 Å². The highest BCUT2D eigenvalue weighted by Crippen LogP contribution is 2.28. The highest BCUT2D eigenvalue weighted by Gasteiger charge is 2.30. The molecule has 124 valence electrons. The lowest BCUT2D eigenvalue weighted by molar-refractivity contribution is 0.370. The molecule has 0 spiro atoms. The molecule has 2 heterocycles. The van der Waals surface area contributed by atoms with Gasteiger partial charge in [0, 0.05) is 38.6 Å². The standard InChI is InChI=1S/C17H28N4.HI/c1-5-19-16(21-11-8-17(3,4)13-21)20-10-7-15-6-9-18-12-14(15)2;/h6,9,12H,5,7-8,10-11,13H2,1-4H3,(H,19,20);1H. The topological polar surface area (TPSA) is 40.5 Å². The first-order valence-electron chi connectivity index (χ1n) is 7.94. The van der Waals surface area contributed by atoms with Crippen LogP contribution in [-0.2, 0) is 6.42 Å². The van der Waals surface area contributed by atoms with Gasteiger partial charge < -0.3 is 10.2 Å². The lowest BCUT2D eigenvalue weighted by Crippen LogP contribution is -2.40.